The van der Waals surface area contributed by atoms with Crippen LogP contribution in [0.5, 0.6) is 0 Å². The van der Waals surface area contributed by atoms with Gasteiger partial charge >= 0.3 is 0 Å². The Kier molecular flexibility index (Phi) is 4.76. The second kappa shape index (κ2) is 6.13. The highest BCUT2D eigenvalue weighted by Crippen LogP contribution is 2.23. The van der Waals surface area contributed by atoms with Gasteiger partial charge in [0.05, 0.1) is 4.47 Å². The maximum atomic E-state index is 13.4. The van der Waals surface area contributed by atoms with Gasteiger partial charge in [-0.15, -0.1) is 0 Å². The molecule has 0 aromatic heterocycles. The van der Waals surface area contributed by atoms with Crippen LogP contribution in [0.1, 0.15) is 31.2 Å². The molecule has 0 atom stereocenters. The normalized spacial score (nSPS) is 24.5. The summed E-state index contributed by atoms with van der Waals surface area (Å²) in [6.07, 6.45) is 4.50. The molecule has 0 aliphatic heterocycles. The van der Waals surface area contributed by atoms with Gasteiger partial charge < -0.3 is 5.73 Å². The van der Waals surface area contributed by atoms with Gasteiger partial charge in [0, 0.05) is 18.6 Å². The maximum Gasteiger partial charge on any atom is 0.137 e. The lowest BCUT2D eigenvalue weighted by Gasteiger charge is -2.33. The molecule has 100 valence electrons. The van der Waals surface area contributed by atoms with Gasteiger partial charge in [-0.05, 0) is 66.4 Å². The first-order chi connectivity index (χ1) is 8.56. The van der Waals surface area contributed by atoms with Crippen LogP contribution >= 0.6 is 15.9 Å². The van der Waals surface area contributed by atoms with E-state index < -0.39 is 0 Å². The second-order valence-electron chi connectivity index (χ2n) is 5.23. The molecule has 0 bridgehead atoms. The molecular formula is C14H20BrFN2. The van der Waals surface area contributed by atoms with Crippen LogP contribution in [-0.2, 0) is 6.54 Å². The molecule has 1 aliphatic carbocycles. The summed E-state index contributed by atoms with van der Waals surface area (Å²) in [5.74, 6) is -0.188. The van der Waals surface area contributed by atoms with Crippen molar-refractivity contribution in [1.29, 1.82) is 0 Å². The Bertz CT molecular complexity index is 403. The van der Waals surface area contributed by atoms with Crippen molar-refractivity contribution >= 4 is 15.9 Å². The molecule has 1 aromatic carbocycles. The first-order valence-electron chi connectivity index (χ1n) is 6.46. The molecule has 4 heteroatoms. The lowest BCUT2D eigenvalue weighted by Crippen LogP contribution is -2.38. The van der Waals surface area contributed by atoms with Gasteiger partial charge in [-0.1, -0.05) is 6.07 Å². The van der Waals surface area contributed by atoms with Gasteiger partial charge in [-0.2, -0.15) is 0 Å². The Hall–Kier alpha value is -0.450. The summed E-state index contributed by atoms with van der Waals surface area (Å²) in [5.41, 5.74) is 6.93. The third-order valence-corrected chi connectivity index (χ3v) is 4.42. The van der Waals surface area contributed by atoms with Crippen molar-refractivity contribution in [2.24, 2.45) is 5.73 Å². The van der Waals surface area contributed by atoms with Gasteiger partial charge in [-0.3, -0.25) is 4.90 Å². The topological polar surface area (TPSA) is 29.3 Å². The van der Waals surface area contributed by atoms with Gasteiger partial charge in [0.2, 0.25) is 0 Å². The molecule has 1 aromatic rings. The lowest BCUT2D eigenvalue weighted by atomic mass is 9.91. The molecule has 0 spiro atoms. The highest BCUT2D eigenvalue weighted by atomic mass is 79.9. The number of hydrogen-bond donors (Lipinski definition) is 1. The van der Waals surface area contributed by atoms with Crippen molar-refractivity contribution in [3.05, 3.63) is 34.1 Å². The Balaban J connectivity index is 1.94. The quantitative estimate of drug-likeness (QED) is 0.927. The van der Waals surface area contributed by atoms with Crippen molar-refractivity contribution in [1.82, 2.24) is 4.90 Å². The Labute approximate surface area is 116 Å². The Morgan fingerprint density at radius 2 is 2.00 bits per heavy atom. The van der Waals surface area contributed by atoms with E-state index in [0.29, 0.717) is 16.6 Å². The molecular weight excluding hydrogens is 295 g/mol. The minimum absolute atomic E-state index is 0.188. The molecule has 2 rings (SSSR count). The summed E-state index contributed by atoms with van der Waals surface area (Å²) < 4.78 is 14.0. The van der Waals surface area contributed by atoms with Gasteiger partial charge in [0.25, 0.3) is 0 Å². The zero-order chi connectivity index (χ0) is 13.1. The van der Waals surface area contributed by atoms with Crippen LogP contribution in [0.4, 0.5) is 4.39 Å². The molecule has 18 heavy (non-hydrogen) atoms. The standard InChI is InChI=1S/C14H20BrFN2/c1-18(12-5-3-11(17)4-6-12)9-10-2-7-13(15)14(16)8-10/h2,7-8,11-12H,3-6,9,17H2,1H3. The molecule has 1 saturated carbocycles. The largest absolute Gasteiger partial charge is 0.328 e. The van der Waals surface area contributed by atoms with Crippen molar-refractivity contribution in [3.63, 3.8) is 0 Å². The van der Waals surface area contributed by atoms with E-state index in [0.717, 1.165) is 37.8 Å². The van der Waals surface area contributed by atoms with Crippen LogP contribution in [0.2, 0.25) is 0 Å². The fourth-order valence-corrected chi connectivity index (χ4v) is 2.84. The molecule has 1 aliphatic rings. The zero-order valence-corrected chi connectivity index (χ0v) is 12.3. The lowest BCUT2D eigenvalue weighted by molar-refractivity contribution is 0.176. The fraction of sp³-hybridized carbons (Fsp3) is 0.571. The van der Waals surface area contributed by atoms with Crippen molar-refractivity contribution in [2.45, 2.75) is 44.3 Å². The molecule has 0 radical (unpaired) electrons. The fourth-order valence-electron chi connectivity index (χ4n) is 2.60. The van der Waals surface area contributed by atoms with Crippen molar-refractivity contribution in [2.75, 3.05) is 7.05 Å². The molecule has 1 fully saturated rings. The van der Waals surface area contributed by atoms with E-state index in [1.54, 1.807) is 12.1 Å². The summed E-state index contributed by atoms with van der Waals surface area (Å²) >= 11 is 3.18. The molecule has 0 amide bonds. The predicted molar refractivity (Wildman–Crippen MR) is 75.8 cm³/mol. The summed E-state index contributed by atoms with van der Waals surface area (Å²) in [4.78, 5) is 2.31. The Morgan fingerprint density at radius 3 is 2.61 bits per heavy atom. The van der Waals surface area contributed by atoms with Crippen LogP contribution in [-0.4, -0.2) is 24.0 Å². The van der Waals surface area contributed by atoms with E-state index in [1.807, 2.05) is 6.07 Å². The number of nitrogens with zero attached hydrogens (tertiary/aromatic N) is 1. The first-order valence-corrected chi connectivity index (χ1v) is 7.25. The van der Waals surface area contributed by atoms with Crippen LogP contribution in [0.3, 0.4) is 0 Å². The smallest absolute Gasteiger partial charge is 0.137 e. The van der Waals surface area contributed by atoms with Crippen molar-refractivity contribution in [3.8, 4) is 0 Å². The Morgan fingerprint density at radius 1 is 1.33 bits per heavy atom. The predicted octanol–water partition coefficient (Wildman–Crippen LogP) is 3.29. The highest BCUT2D eigenvalue weighted by molar-refractivity contribution is 9.10. The molecule has 0 unspecified atom stereocenters. The third kappa shape index (κ3) is 3.53. The van der Waals surface area contributed by atoms with Crippen LogP contribution < -0.4 is 5.73 Å². The average Bonchev–Trinajstić information content (AvgIpc) is 2.34. The summed E-state index contributed by atoms with van der Waals surface area (Å²) in [6, 6.07) is 6.30. The summed E-state index contributed by atoms with van der Waals surface area (Å²) in [5, 5.41) is 0. The van der Waals surface area contributed by atoms with E-state index in [-0.39, 0.29) is 5.82 Å². The number of rotatable bonds is 3. The highest BCUT2D eigenvalue weighted by Gasteiger charge is 2.21. The minimum Gasteiger partial charge on any atom is -0.328 e. The number of halogens is 2. The zero-order valence-electron chi connectivity index (χ0n) is 10.7. The molecule has 2 N–H and O–H groups in total. The first kappa shape index (κ1) is 14.0. The van der Waals surface area contributed by atoms with E-state index in [9.17, 15) is 4.39 Å². The number of hydrogen-bond acceptors (Lipinski definition) is 2. The monoisotopic (exact) mass is 314 g/mol. The van der Waals surface area contributed by atoms with E-state index in [2.05, 4.69) is 27.9 Å². The third-order valence-electron chi connectivity index (χ3n) is 3.78. The average molecular weight is 315 g/mol. The molecule has 0 saturated heterocycles. The van der Waals surface area contributed by atoms with Crippen molar-refractivity contribution < 1.29 is 4.39 Å². The van der Waals surface area contributed by atoms with E-state index in [1.165, 1.54) is 0 Å². The van der Waals surface area contributed by atoms with Gasteiger partial charge in [0.15, 0.2) is 0 Å². The maximum absolute atomic E-state index is 13.4. The van der Waals surface area contributed by atoms with Gasteiger partial charge in [-0.25, -0.2) is 4.39 Å². The van der Waals surface area contributed by atoms with Crippen LogP contribution in [0.15, 0.2) is 22.7 Å². The molecule has 0 heterocycles. The SMILES string of the molecule is CN(Cc1ccc(Br)c(F)c1)C1CCC(N)CC1. The summed E-state index contributed by atoms with van der Waals surface area (Å²) in [7, 11) is 2.11. The summed E-state index contributed by atoms with van der Waals surface area (Å²) in [6.45, 7) is 0.796. The second-order valence-corrected chi connectivity index (χ2v) is 6.09. The van der Waals surface area contributed by atoms with Crippen LogP contribution in [0, 0.1) is 5.82 Å². The van der Waals surface area contributed by atoms with Gasteiger partial charge in [0.1, 0.15) is 5.82 Å². The minimum atomic E-state index is -0.188. The van der Waals surface area contributed by atoms with E-state index in [4.69, 9.17) is 5.73 Å². The van der Waals surface area contributed by atoms with E-state index >= 15 is 0 Å². The molecule has 2 nitrogen and oxygen atoms in total. The number of benzene rings is 1. The van der Waals surface area contributed by atoms with Crippen LogP contribution in [0.25, 0.3) is 0 Å². The number of nitrogens with two attached hydrogens (primary N) is 1.